The average molecular weight is 453 g/mol. The highest BCUT2D eigenvalue weighted by atomic mass is 19.2. The molecule has 1 nitrogen and oxygen atoms in total. The maximum absolute atomic E-state index is 14.5. The zero-order valence-electron chi connectivity index (χ0n) is 15.2. The van der Waals surface area contributed by atoms with Gasteiger partial charge in [-0.3, -0.25) is 4.90 Å². The Bertz CT molecular complexity index is 1060. The number of rotatable bonds is 4. The predicted octanol–water partition coefficient (Wildman–Crippen LogP) is 7.11. The smallest absolute Gasteiger partial charge is 0.200 e. The van der Waals surface area contributed by atoms with Crippen molar-refractivity contribution < 1.29 is 43.9 Å². The van der Waals surface area contributed by atoms with E-state index in [4.69, 9.17) is 0 Å². The van der Waals surface area contributed by atoms with Gasteiger partial charge in [-0.05, 0) is 18.1 Å². The lowest BCUT2D eigenvalue weighted by molar-refractivity contribution is 0.375. The minimum absolute atomic E-state index is 0.00251. The van der Waals surface area contributed by atoms with Crippen LogP contribution in [0, 0.1) is 58.2 Å². The Morgan fingerprint density at radius 2 is 0.839 bits per heavy atom. The molecule has 0 saturated carbocycles. The van der Waals surface area contributed by atoms with Gasteiger partial charge in [-0.15, -0.1) is 0 Å². The third-order valence-electron chi connectivity index (χ3n) is 4.43. The third-order valence-corrected chi connectivity index (χ3v) is 4.43. The zero-order valence-corrected chi connectivity index (χ0v) is 15.2. The van der Waals surface area contributed by atoms with E-state index in [1.165, 1.54) is 25.1 Å². The Morgan fingerprint density at radius 1 is 0.516 bits per heavy atom. The standard InChI is InChI=1S/C20H9F10N/c1-2-7-5-3-4-6-8(7)31(19-15(27)11(23)9(21)12(24)16(19)28)20-17(29)13(25)10(22)14(26)18(20)30/h3-6H,2H2,1H3. The van der Waals surface area contributed by atoms with E-state index in [2.05, 4.69) is 0 Å². The first kappa shape index (κ1) is 22.4. The maximum Gasteiger partial charge on any atom is 0.200 e. The molecule has 0 saturated heterocycles. The zero-order chi connectivity index (χ0) is 23.2. The van der Waals surface area contributed by atoms with Gasteiger partial charge in [0.15, 0.2) is 46.5 Å². The molecule has 31 heavy (non-hydrogen) atoms. The molecule has 0 aliphatic rings. The third kappa shape index (κ3) is 3.37. The molecular weight excluding hydrogens is 444 g/mol. The minimum Gasteiger partial charge on any atom is -0.299 e. The number of hydrogen-bond acceptors (Lipinski definition) is 1. The number of aryl methyl sites for hydroxylation is 1. The van der Waals surface area contributed by atoms with Crippen molar-refractivity contribution in [1.82, 2.24) is 0 Å². The van der Waals surface area contributed by atoms with Crippen molar-refractivity contribution >= 4 is 17.1 Å². The largest absolute Gasteiger partial charge is 0.299 e. The number of benzene rings is 3. The molecule has 3 aromatic carbocycles. The SMILES string of the molecule is CCc1ccccc1N(c1c(F)c(F)c(F)c(F)c1F)c1c(F)c(F)c(F)c(F)c1F. The fourth-order valence-corrected chi connectivity index (χ4v) is 2.96. The molecule has 0 aromatic heterocycles. The Hall–Kier alpha value is -3.24. The molecule has 0 spiro atoms. The number of hydrogen-bond donors (Lipinski definition) is 0. The molecule has 0 unspecified atom stereocenters. The van der Waals surface area contributed by atoms with E-state index in [0.29, 0.717) is 0 Å². The van der Waals surface area contributed by atoms with Crippen LogP contribution >= 0.6 is 0 Å². The van der Waals surface area contributed by atoms with E-state index in [-0.39, 0.29) is 16.9 Å². The van der Waals surface area contributed by atoms with E-state index in [1.54, 1.807) is 0 Å². The number of halogens is 10. The molecule has 0 N–H and O–H groups in total. The van der Waals surface area contributed by atoms with Gasteiger partial charge in [-0.2, -0.15) is 0 Å². The molecule has 3 rings (SSSR count). The van der Waals surface area contributed by atoms with Crippen LogP contribution in [0.15, 0.2) is 24.3 Å². The Labute approximate surface area is 168 Å². The fourth-order valence-electron chi connectivity index (χ4n) is 2.96. The number of para-hydroxylation sites is 1. The normalized spacial score (nSPS) is 11.2. The van der Waals surface area contributed by atoms with Gasteiger partial charge >= 0.3 is 0 Å². The van der Waals surface area contributed by atoms with Gasteiger partial charge < -0.3 is 0 Å². The van der Waals surface area contributed by atoms with Gasteiger partial charge in [-0.25, -0.2) is 43.9 Å². The van der Waals surface area contributed by atoms with Gasteiger partial charge in [-0.1, -0.05) is 25.1 Å². The van der Waals surface area contributed by atoms with Crippen LogP contribution in [0.5, 0.6) is 0 Å². The summed E-state index contributed by atoms with van der Waals surface area (Å²) in [6.07, 6.45) is -0.00251. The quantitative estimate of drug-likeness (QED) is 0.231. The highest BCUT2D eigenvalue weighted by Crippen LogP contribution is 2.45. The summed E-state index contributed by atoms with van der Waals surface area (Å²) in [5.41, 5.74) is -4.37. The van der Waals surface area contributed by atoms with E-state index in [0.717, 1.165) is 6.07 Å². The summed E-state index contributed by atoms with van der Waals surface area (Å²) in [5, 5.41) is 0. The lowest BCUT2D eigenvalue weighted by Crippen LogP contribution is -2.22. The Kier molecular flexibility index (Phi) is 5.88. The molecular formula is C20H9F10N. The fraction of sp³-hybridized carbons (Fsp3) is 0.100. The first-order valence-electron chi connectivity index (χ1n) is 8.45. The highest BCUT2D eigenvalue weighted by Gasteiger charge is 2.37. The predicted molar refractivity (Wildman–Crippen MR) is 90.1 cm³/mol. The van der Waals surface area contributed by atoms with E-state index >= 15 is 0 Å². The second-order valence-electron chi connectivity index (χ2n) is 6.15. The Morgan fingerprint density at radius 3 is 1.19 bits per heavy atom. The van der Waals surface area contributed by atoms with Crippen molar-refractivity contribution in [3.8, 4) is 0 Å². The molecule has 3 aromatic rings. The lowest BCUT2D eigenvalue weighted by Gasteiger charge is -2.29. The molecule has 0 fully saturated rings. The lowest BCUT2D eigenvalue weighted by atomic mass is 10.1. The molecule has 0 heterocycles. The second-order valence-corrected chi connectivity index (χ2v) is 6.15. The average Bonchev–Trinajstić information content (AvgIpc) is 2.77. The summed E-state index contributed by atoms with van der Waals surface area (Å²) >= 11 is 0. The van der Waals surface area contributed by atoms with Crippen LogP contribution < -0.4 is 4.90 Å². The van der Waals surface area contributed by atoms with E-state index in [9.17, 15) is 43.9 Å². The van der Waals surface area contributed by atoms with E-state index in [1.807, 2.05) is 0 Å². The molecule has 0 aliphatic heterocycles. The van der Waals surface area contributed by atoms with Gasteiger partial charge in [0, 0.05) is 5.69 Å². The van der Waals surface area contributed by atoms with Crippen LogP contribution in [0.1, 0.15) is 12.5 Å². The number of anilines is 3. The molecule has 0 aliphatic carbocycles. The summed E-state index contributed by atoms with van der Waals surface area (Å²) in [6, 6.07) is 4.76. The van der Waals surface area contributed by atoms with Crippen molar-refractivity contribution in [3.63, 3.8) is 0 Å². The molecule has 164 valence electrons. The molecule has 0 bridgehead atoms. The van der Waals surface area contributed by atoms with Crippen molar-refractivity contribution in [3.05, 3.63) is 88.0 Å². The van der Waals surface area contributed by atoms with Crippen molar-refractivity contribution in [2.75, 3.05) is 4.90 Å². The summed E-state index contributed by atoms with van der Waals surface area (Å²) in [4.78, 5) is -0.217. The van der Waals surface area contributed by atoms with Crippen LogP contribution in [-0.2, 0) is 6.42 Å². The first-order chi connectivity index (χ1) is 14.5. The van der Waals surface area contributed by atoms with Crippen LogP contribution in [0.3, 0.4) is 0 Å². The van der Waals surface area contributed by atoms with Crippen molar-refractivity contribution in [2.24, 2.45) is 0 Å². The van der Waals surface area contributed by atoms with Crippen LogP contribution in [-0.4, -0.2) is 0 Å². The molecule has 0 amide bonds. The summed E-state index contributed by atoms with van der Waals surface area (Å²) < 4.78 is 140. The van der Waals surface area contributed by atoms with Crippen molar-refractivity contribution in [2.45, 2.75) is 13.3 Å². The monoisotopic (exact) mass is 453 g/mol. The second kappa shape index (κ2) is 8.12. The van der Waals surface area contributed by atoms with Crippen molar-refractivity contribution in [1.29, 1.82) is 0 Å². The molecule has 11 heteroatoms. The highest BCUT2D eigenvalue weighted by molar-refractivity contribution is 5.80. The Balaban J connectivity index is 2.56. The first-order valence-corrected chi connectivity index (χ1v) is 8.45. The van der Waals surface area contributed by atoms with Crippen LogP contribution in [0.4, 0.5) is 61.0 Å². The van der Waals surface area contributed by atoms with Crippen LogP contribution in [0.2, 0.25) is 0 Å². The summed E-state index contributed by atoms with van der Waals surface area (Å²) in [7, 11) is 0. The number of nitrogens with zero attached hydrogens (tertiary/aromatic N) is 1. The van der Waals surface area contributed by atoms with Gasteiger partial charge in [0.2, 0.25) is 11.6 Å². The summed E-state index contributed by atoms with van der Waals surface area (Å²) in [5.74, 6) is -25.2. The van der Waals surface area contributed by atoms with E-state index < -0.39 is 75.2 Å². The topological polar surface area (TPSA) is 3.24 Å². The van der Waals surface area contributed by atoms with Crippen LogP contribution in [0.25, 0.3) is 0 Å². The maximum atomic E-state index is 14.5. The summed E-state index contributed by atoms with van der Waals surface area (Å²) in [6.45, 7) is 1.47. The minimum atomic E-state index is -2.57. The van der Waals surface area contributed by atoms with Gasteiger partial charge in [0.05, 0.1) is 0 Å². The molecule has 0 atom stereocenters. The molecule has 0 radical (unpaired) electrons. The van der Waals surface area contributed by atoms with Gasteiger partial charge in [0.1, 0.15) is 11.4 Å². The van der Waals surface area contributed by atoms with Gasteiger partial charge in [0.25, 0.3) is 0 Å².